The lowest BCUT2D eigenvalue weighted by atomic mass is 9.84. The van der Waals surface area contributed by atoms with Crippen LogP contribution in [-0.4, -0.2) is 70.3 Å². The van der Waals surface area contributed by atoms with E-state index in [9.17, 15) is 18.0 Å². The molecule has 1 aliphatic rings. The predicted octanol–water partition coefficient (Wildman–Crippen LogP) is 3.60. The fourth-order valence-corrected chi connectivity index (χ4v) is 7.37. The van der Waals surface area contributed by atoms with Gasteiger partial charge < -0.3 is 15.4 Å². The van der Waals surface area contributed by atoms with Crippen molar-refractivity contribution < 1.29 is 22.7 Å². The van der Waals surface area contributed by atoms with Gasteiger partial charge in [-0.25, -0.2) is 18.1 Å². The minimum atomic E-state index is -3.90. The lowest BCUT2D eigenvalue weighted by Gasteiger charge is -2.25. The van der Waals surface area contributed by atoms with Crippen LogP contribution in [-0.2, 0) is 32.7 Å². The van der Waals surface area contributed by atoms with E-state index in [4.69, 9.17) is 4.74 Å². The highest BCUT2D eigenvalue weighted by molar-refractivity contribution is 7.89. The number of hydrogen-bond donors (Lipinski definition) is 2. The second kappa shape index (κ2) is 14.0. The molecule has 13 heteroatoms. The minimum absolute atomic E-state index is 0.0534. The van der Waals surface area contributed by atoms with E-state index in [0.717, 1.165) is 38.9 Å². The Hall–Kier alpha value is -4.36. The number of pyridine rings is 1. The van der Waals surface area contributed by atoms with Crippen LogP contribution < -0.4 is 15.4 Å². The molecule has 5 rings (SSSR count). The van der Waals surface area contributed by atoms with Gasteiger partial charge in [0, 0.05) is 51.6 Å². The van der Waals surface area contributed by atoms with Gasteiger partial charge >= 0.3 is 0 Å². The Morgan fingerprint density at radius 1 is 1.09 bits per heavy atom. The third-order valence-corrected chi connectivity index (χ3v) is 10.3. The van der Waals surface area contributed by atoms with Crippen molar-refractivity contribution in [2.24, 2.45) is 0 Å². The molecule has 244 valence electrons. The largest absolute Gasteiger partial charge is 0.472 e. The summed E-state index contributed by atoms with van der Waals surface area (Å²) in [4.78, 5) is 28.8. The molecule has 0 radical (unpaired) electrons. The standard InChI is InChI=1S/C33H41N7O5S/c1-6-26-20-39(46(43,44)30-9-8-14-36-33(30)45-26)19-25-17-24(11-10-21(25)3)28(18-31(42)35-16-15-34-23(5)41)27-12-13-29-32(22(27)4)37-38-40(29)7-2/h8-14,17,26,28H,6-7,15-16,18-20H2,1-5H3,(H,34,41)(H,35,42)/t26-,28+/m1/s1. The summed E-state index contributed by atoms with van der Waals surface area (Å²) in [5.41, 5.74) is 6.19. The summed E-state index contributed by atoms with van der Waals surface area (Å²) in [6.07, 6.45) is 1.94. The molecule has 46 heavy (non-hydrogen) atoms. The predicted molar refractivity (Wildman–Crippen MR) is 174 cm³/mol. The highest BCUT2D eigenvalue weighted by Crippen LogP contribution is 2.36. The third-order valence-electron chi connectivity index (χ3n) is 8.49. The molecular weight excluding hydrogens is 606 g/mol. The minimum Gasteiger partial charge on any atom is -0.472 e. The first-order valence-electron chi connectivity index (χ1n) is 15.6. The molecule has 3 heterocycles. The molecule has 2 amide bonds. The molecule has 12 nitrogen and oxygen atoms in total. The topological polar surface area (TPSA) is 148 Å². The number of ether oxygens (including phenoxy) is 1. The number of aryl methyl sites for hydroxylation is 3. The zero-order chi connectivity index (χ0) is 33.0. The van der Waals surface area contributed by atoms with Gasteiger partial charge in [0.15, 0.2) is 0 Å². The molecule has 0 bridgehead atoms. The first kappa shape index (κ1) is 33.0. The maximum Gasteiger partial charge on any atom is 0.248 e. The normalized spacial score (nSPS) is 16.7. The van der Waals surface area contributed by atoms with Gasteiger partial charge in [0.2, 0.25) is 27.7 Å². The Morgan fingerprint density at radius 2 is 1.87 bits per heavy atom. The third kappa shape index (κ3) is 6.90. The van der Waals surface area contributed by atoms with Gasteiger partial charge in [-0.2, -0.15) is 4.31 Å². The van der Waals surface area contributed by atoms with Gasteiger partial charge in [0.1, 0.15) is 16.5 Å². The number of hydrogen-bond acceptors (Lipinski definition) is 8. The van der Waals surface area contributed by atoms with Gasteiger partial charge in [0.25, 0.3) is 0 Å². The molecule has 2 aromatic carbocycles. The van der Waals surface area contributed by atoms with E-state index in [1.165, 1.54) is 23.5 Å². The van der Waals surface area contributed by atoms with Gasteiger partial charge in [-0.15, -0.1) is 5.10 Å². The first-order chi connectivity index (χ1) is 22.0. The number of nitrogens with zero attached hydrogens (tertiary/aromatic N) is 5. The summed E-state index contributed by atoms with van der Waals surface area (Å²) in [5, 5.41) is 14.3. The number of nitrogens with one attached hydrogen (secondary N) is 2. The Kier molecular flexibility index (Phi) is 10.0. The highest BCUT2D eigenvalue weighted by atomic mass is 32.2. The zero-order valence-electron chi connectivity index (χ0n) is 26.9. The summed E-state index contributed by atoms with van der Waals surface area (Å²) >= 11 is 0. The maximum atomic E-state index is 13.9. The molecule has 4 aromatic rings. The van der Waals surface area contributed by atoms with Crippen molar-refractivity contribution in [1.29, 1.82) is 0 Å². The van der Waals surface area contributed by atoms with E-state index in [-0.39, 0.29) is 54.1 Å². The van der Waals surface area contributed by atoms with E-state index in [1.54, 1.807) is 6.07 Å². The monoisotopic (exact) mass is 647 g/mol. The van der Waals surface area contributed by atoms with Crippen LogP contribution in [0, 0.1) is 13.8 Å². The fraction of sp³-hybridized carbons (Fsp3) is 0.424. The molecule has 2 N–H and O–H groups in total. The average molecular weight is 648 g/mol. The van der Waals surface area contributed by atoms with Crippen molar-refractivity contribution in [2.45, 2.75) is 77.5 Å². The van der Waals surface area contributed by atoms with Crippen LogP contribution in [0.4, 0.5) is 0 Å². The van der Waals surface area contributed by atoms with Crippen LogP contribution in [0.25, 0.3) is 11.0 Å². The number of benzene rings is 2. The van der Waals surface area contributed by atoms with E-state index >= 15 is 0 Å². The number of carbonyl (C=O) groups excluding carboxylic acids is 2. The first-order valence-corrected chi connectivity index (χ1v) is 17.0. The summed E-state index contributed by atoms with van der Waals surface area (Å²) in [6, 6.07) is 13.1. The van der Waals surface area contributed by atoms with Crippen molar-refractivity contribution >= 4 is 32.9 Å². The van der Waals surface area contributed by atoms with Crippen LogP contribution >= 0.6 is 0 Å². The smallest absolute Gasteiger partial charge is 0.248 e. The second-order valence-corrected chi connectivity index (χ2v) is 13.5. The average Bonchev–Trinajstić information content (AvgIpc) is 3.42. The van der Waals surface area contributed by atoms with Crippen molar-refractivity contribution in [2.75, 3.05) is 19.6 Å². The van der Waals surface area contributed by atoms with Crippen LogP contribution in [0.2, 0.25) is 0 Å². The van der Waals surface area contributed by atoms with Gasteiger partial charge in [-0.1, -0.05) is 36.4 Å². The molecule has 0 aliphatic carbocycles. The molecule has 1 aliphatic heterocycles. The SMILES string of the molecule is CC[C@@H]1CN(Cc2cc([C@H](CC(=O)NCCNC(C)=O)c3ccc4c(nnn4CC)c3C)ccc2C)S(=O)(=O)c2cccnc2O1. The fourth-order valence-electron chi connectivity index (χ4n) is 5.85. The molecule has 0 fully saturated rings. The van der Waals surface area contributed by atoms with Crippen molar-refractivity contribution in [3.63, 3.8) is 0 Å². The number of carbonyl (C=O) groups is 2. The Bertz CT molecular complexity index is 1860. The Balaban J connectivity index is 1.52. The van der Waals surface area contributed by atoms with Crippen molar-refractivity contribution in [3.8, 4) is 5.88 Å². The van der Waals surface area contributed by atoms with E-state index in [2.05, 4.69) is 25.9 Å². The van der Waals surface area contributed by atoms with Gasteiger partial charge in [-0.05, 0) is 73.2 Å². The molecular formula is C33H41N7O5S. The molecule has 0 saturated carbocycles. The zero-order valence-corrected chi connectivity index (χ0v) is 27.7. The number of fused-ring (bicyclic) bond motifs is 2. The molecule has 2 aromatic heterocycles. The van der Waals surface area contributed by atoms with E-state index < -0.39 is 10.0 Å². The van der Waals surface area contributed by atoms with Crippen LogP contribution in [0.3, 0.4) is 0 Å². The Labute approximate surface area is 269 Å². The lowest BCUT2D eigenvalue weighted by Crippen LogP contribution is -2.36. The van der Waals surface area contributed by atoms with Crippen LogP contribution in [0.15, 0.2) is 53.6 Å². The number of amides is 2. The van der Waals surface area contributed by atoms with E-state index in [1.807, 2.05) is 62.7 Å². The van der Waals surface area contributed by atoms with Crippen LogP contribution in [0.5, 0.6) is 5.88 Å². The summed E-state index contributed by atoms with van der Waals surface area (Å²) < 4.78 is 37.0. The molecule has 0 unspecified atom stereocenters. The summed E-state index contributed by atoms with van der Waals surface area (Å²) in [6.45, 7) is 11.0. The maximum absolute atomic E-state index is 13.9. The van der Waals surface area contributed by atoms with Gasteiger partial charge in [0.05, 0.1) is 12.1 Å². The lowest BCUT2D eigenvalue weighted by molar-refractivity contribution is -0.122. The molecule has 0 spiro atoms. The van der Waals surface area contributed by atoms with E-state index in [0.29, 0.717) is 26.1 Å². The molecule has 0 saturated heterocycles. The summed E-state index contributed by atoms with van der Waals surface area (Å²) in [7, 11) is -3.90. The quantitative estimate of drug-likeness (QED) is 0.235. The Morgan fingerprint density at radius 3 is 2.61 bits per heavy atom. The number of rotatable bonds is 11. The van der Waals surface area contributed by atoms with Crippen molar-refractivity contribution in [1.82, 2.24) is 34.9 Å². The molecule has 2 atom stereocenters. The highest BCUT2D eigenvalue weighted by Gasteiger charge is 2.35. The number of sulfonamides is 1. The second-order valence-electron chi connectivity index (χ2n) is 11.6. The van der Waals surface area contributed by atoms with Crippen LogP contribution in [0.1, 0.15) is 67.3 Å². The number of aromatic nitrogens is 4. The summed E-state index contributed by atoms with van der Waals surface area (Å²) in [5.74, 6) is -0.561. The van der Waals surface area contributed by atoms with Crippen molar-refractivity contribution in [3.05, 3.63) is 76.5 Å². The van der Waals surface area contributed by atoms with Gasteiger partial charge in [-0.3, -0.25) is 9.59 Å².